The van der Waals surface area contributed by atoms with Gasteiger partial charge in [-0.1, -0.05) is 30.3 Å². The lowest BCUT2D eigenvalue weighted by Gasteiger charge is -2.29. The second-order valence-corrected chi connectivity index (χ2v) is 4.12. The molecule has 0 aliphatic heterocycles. The van der Waals surface area contributed by atoms with Crippen molar-refractivity contribution < 1.29 is 14.9 Å². The zero-order valence-corrected chi connectivity index (χ0v) is 9.72. The Morgan fingerprint density at radius 1 is 1.12 bits per heavy atom. The highest BCUT2D eigenvalue weighted by Crippen LogP contribution is 2.22. The molecule has 16 heavy (non-hydrogen) atoms. The van der Waals surface area contributed by atoms with E-state index in [2.05, 4.69) is 0 Å². The van der Waals surface area contributed by atoms with Crippen LogP contribution in [-0.2, 0) is 11.2 Å². The Labute approximate surface area is 96.7 Å². The maximum Gasteiger partial charge on any atom is 0.0569 e. The Hall–Kier alpha value is -0.900. The second kappa shape index (κ2) is 6.63. The predicted octanol–water partition coefficient (Wildman–Crippen LogP) is 1.24. The molecular formula is C13H20O3. The first-order valence-electron chi connectivity index (χ1n) is 5.60. The van der Waals surface area contributed by atoms with Crippen molar-refractivity contribution in [2.45, 2.75) is 13.3 Å². The molecular weight excluding hydrogens is 204 g/mol. The van der Waals surface area contributed by atoms with Gasteiger partial charge in [0, 0.05) is 12.0 Å². The van der Waals surface area contributed by atoms with Gasteiger partial charge in [-0.05, 0) is 18.9 Å². The van der Waals surface area contributed by atoms with Gasteiger partial charge in [0.2, 0.25) is 0 Å². The van der Waals surface area contributed by atoms with Crippen LogP contribution in [0, 0.1) is 5.41 Å². The highest BCUT2D eigenvalue weighted by atomic mass is 16.5. The zero-order valence-electron chi connectivity index (χ0n) is 9.72. The van der Waals surface area contributed by atoms with Gasteiger partial charge in [-0.15, -0.1) is 0 Å². The Morgan fingerprint density at radius 2 is 1.75 bits per heavy atom. The average Bonchev–Trinajstić information content (AvgIpc) is 2.36. The van der Waals surface area contributed by atoms with E-state index in [9.17, 15) is 10.2 Å². The Bertz CT molecular complexity index is 280. The minimum atomic E-state index is -0.572. The van der Waals surface area contributed by atoms with Crippen molar-refractivity contribution in [3.8, 4) is 0 Å². The maximum atomic E-state index is 9.42. The number of aliphatic hydroxyl groups is 2. The molecule has 3 nitrogen and oxygen atoms in total. The van der Waals surface area contributed by atoms with Crippen LogP contribution in [0.3, 0.4) is 0 Å². The molecule has 0 bridgehead atoms. The summed E-state index contributed by atoms with van der Waals surface area (Å²) in [4.78, 5) is 0. The summed E-state index contributed by atoms with van der Waals surface area (Å²) >= 11 is 0. The summed E-state index contributed by atoms with van der Waals surface area (Å²) in [5.41, 5.74) is 0.530. The SMILES string of the molecule is CCOCC(CO)(CO)Cc1ccccc1. The van der Waals surface area contributed by atoms with Gasteiger partial charge < -0.3 is 14.9 Å². The van der Waals surface area contributed by atoms with Crippen molar-refractivity contribution in [1.82, 2.24) is 0 Å². The third kappa shape index (κ3) is 3.59. The molecule has 0 aromatic heterocycles. The quantitative estimate of drug-likeness (QED) is 0.732. The summed E-state index contributed by atoms with van der Waals surface area (Å²) in [5, 5.41) is 18.8. The molecule has 0 heterocycles. The summed E-state index contributed by atoms with van der Waals surface area (Å²) in [6.07, 6.45) is 0.626. The van der Waals surface area contributed by atoms with Crippen LogP contribution in [0.2, 0.25) is 0 Å². The predicted molar refractivity (Wildman–Crippen MR) is 63.2 cm³/mol. The van der Waals surface area contributed by atoms with Crippen molar-refractivity contribution in [2.75, 3.05) is 26.4 Å². The molecule has 0 aliphatic carbocycles. The van der Waals surface area contributed by atoms with Gasteiger partial charge in [0.25, 0.3) is 0 Å². The molecule has 1 rings (SSSR count). The normalized spacial score (nSPS) is 11.7. The molecule has 3 heteroatoms. The number of ether oxygens (including phenoxy) is 1. The highest BCUT2D eigenvalue weighted by molar-refractivity contribution is 5.16. The minimum absolute atomic E-state index is 0.0710. The van der Waals surface area contributed by atoms with Gasteiger partial charge in [0.05, 0.1) is 19.8 Å². The fourth-order valence-corrected chi connectivity index (χ4v) is 1.65. The van der Waals surface area contributed by atoms with E-state index < -0.39 is 5.41 Å². The van der Waals surface area contributed by atoms with Gasteiger partial charge in [-0.25, -0.2) is 0 Å². The van der Waals surface area contributed by atoms with Crippen LogP contribution >= 0.6 is 0 Å². The summed E-state index contributed by atoms with van der Waals surface area (Å²) < 4.78 is 5.33. The highest BCUT2D eigenvalue weighted by Gasteiger charge is 2.29. The van der Waals surface area contributed by atoms with Crippen LogP contribution in [-0.4, -0.2) is 36.6 Å². The third-order valence-electron chi connectivity index (χ3n) is 2.71. The van der Waals surface area contributed by atoms with Crippen LogP contribution in [0.15, 0.2) is 30.3 Å². The van der Waals surface area contributed by atoms with Crippen molar-refractivity contribution in [3.63, 3.8) is 0 Å². The molecule has 0 aliphatic rings. The second-order valence-electron chi connectivity index (χ2n) is 4.12. The Morgan fingerprint density at radius 3 is 2.25 bits per heavy atom. The Balaban J connectivity index is 2.70. The standard InChI is InChI=1S/C13H20O3/c1-2-16-11-13(9-14,10-15)8-12-6-4-3-5-7-12/h3-7,14-15H,2,8-11H2,1H3. The van der Waals surface area contributed by atoms with E-state index in [1.165, 1.54) is 0 Å². The molecule has 0 unspecified atom stereocenters. The smallest absolute Gasteiger partial charge is 0.0569 e. The Kier molecular flexibility index (Phi) is 5.46. The lowest BCUT2D eigenvalue weighted by atomic mass is 9.84. The number of aliphatic hydroxyl groups excluding tert-OH is 2. The summed E-state index contributed by atoms with van der Waals surface area (Å²) in [6, 6.07) is 9.84. The lowest BCUT2D eigenvalue weighted by molar-refractivity contribution is -0.0241. The summed E-state index contributed by atoms with van der Waals surface area (Å²) in [6.45, 7) is 2.74. The molecule has 0 atom stereocenters. The zero-order chi connectivity index (χ0) is 11.9. The molecule has 0 spiro atoms. The van der Waals surface area contributed by atoms with E-state index in [1.54, 1.807) is 0 Å². The molecule has 0 saturated carbocycles. The molecule has 90 valence electrons. The van der Waals surface area contributed by atoms with E-state index in [0.29, 0.717) is 19.6 Å². The molecule has 0 fully saturated rings. The first-order chi connectivity index (χ1) is 7.76. The third-order valence-corrected chi connectivity index (χ3v) is 2.71. The molecule has 0 amide bonds. The van der Waals surface area contributed by atoms with E-state index in [-0.39, 0.29) is 13.2 Å². The van der Waals surface area contributed by atoms with Crippen molar-refractivity contribution in [1.29, 1.82) is 0 Å². The van der Waals surface area contributed by atoms with Crippen LogP contribution in [0.4, 0.5) is 0 Å². The monoisotopic (exact) mass is 224 g/mol. The van der Waals surface area contributed by atoms with Gasteiger partial charge in [-0.2, -0.15) is 0 Å². The van der Waals surface area contributed by atoms with E-state index >= 15 is 0 Å². The maximum absolute atomic E-state index is 9.42. The van der Waals surface area contributed by atoms with Crippen LogP contribution in [0.25, 0.3) is 0 Å². The molecule has 2 N–H and O–H groups in total. The first kappa shape index (κ1) is 13.2. The van der Waals surface area contributed by atoms with Gasteiger partial charge in [0.15, 0.2) is 0 Å². The molecule has 0 radical (unpaired) electrons. The van der Waals surface area contributed by atoms with E-state index in [0.717, 1.165) is 5.56 Å². The van der Waals surface area contributed by atoms with Gasteiger partial charge >= 0.3 is 0 Å². The largest absolute Gasteiger partial charge is 0.396 e. The number of hydrogen-bond acceptors (Lipinski definition) is 3. The van der Waals surface area contributed by atoms with Crippen LogP contribution in [0.5, 0.6) is 0 Å². The van der Waals surface area contributed by atoms with Crippen LogP contribution in [0.1, 0.15) is 12.5 Å². The molecule has 0 saturated heterocycles. The molecule has 1 aromatic rings. The number of benzene rings is 1. The topological polar surface area (TPSA) is 49.7 Å². The fourth-order valence-electron chi connectivity index (χ4n) is 1.65. The van der Waals surface area contributed by atoms with Crippen LogP contribution < -0.4 is 0 Å². The lowest BCUT2D eigenvalue weighted by Crippen LogP contribution is -2.37. The average molecular weight is 224 g/mol. The minimum Gasteiger partial charge on any atom is -0.396 e. The van der Waals surface area contributed by atoms with E-state index in [1.807, 2.05) is 37.3 Å². The van der Waals surface area contributed by atoms with Gasteiger partial charge in [-0.3, -0.25) is 0 Å². The first-order valence-corrected chi connectivity index (χ1v) is 5.60. The molecule has 1 aromatic carbocycles. The van der Waals surface area contributed by atoms with Crippen molar-refractivity contribution in [2.24, 2.45) is 5.41 Å². The van der Waals surface area contributed by atoms with Crippen molar-refractivity contribution >= 4 is 0 Å². The number of rotatable bonds is 7. The van der Waals surface area contributed by atoms with E-state index in [4.69, 9.17) is 4.74 Å². The van der Waals surface area contributed by atoms with Gasteiger partial charge in [0.1, 0.15) is 0 Å². The summed E-state index contributed by atoms with van der Waals surface area (Å²) in [7, 11) is 0. The van der Waals surface area contributed by atoms with Crippen molar-refractivity contribution in [3.05, 3.63) is 35.9 Å². The fraction of sp³-hybridized carbons (Fsp3) is 0.538. The summed E-state index contributed by atoms with van der Waals surface area (Å²) in [5.74, 6) is 0. The number of hydrogen-bond donors (Lipinski definition) is 2.